The number of rotatable bonds is 5. The Labute approximate surface area is 154 Å². The first-order valence-electron chi connectivity index (χ1n) is 8.97. The summed E-state index contributed by atoms with van der Waals surface area (Å²) in [5.41, 5.74) is 2.49. The molecule has 0 unspecified atom stereocenters. The molecule has 1 N–H and O–H groups in total. The Bertz CT molecular complexity index is 974. The number of fused-ring (bicyclic) bond motifs is 1. The molecule has 0 bridgehead atoms. The van der Waals surface area contributed by atoms with E-state index in [-0.39, 0.29) is 0 Å². The standard InChI is InChI=1S/C20H23N3O2S/c24-26(25,18-6-2-1-3-7-18)23-14-12-22(13-15-23)11-10-17-16-21-20-9-5-4-8-19(17)20/h1-9,16,21H,10-15H2. The van der Waals surface area contributed by atoms with Crippen molar-refractivity contribution in [3.63, 3.8) is 0 Å². The Balaban J connectivity index is 1.35. The number of sulfonamides is 1. The van der Waals surface area contributed by atoms with Crippen molar-refractivity contribution in [3.8, 4) is 0 Å². The minimum atomic E-state index is -3.37. The van der Waals surface area contributed by atoms with E-state index in [1.807, 2.05) is 12.1 Å². The Morgan fingerprint density at radius 2 is 1.58 bits per heavy atom. The number of piperazine rings is 1. The summed E-state index contributed by atoms with van der Waals surface area (Å²) in [6.07, 6.45) is 3.05. The van der Waals surface area contributed by atoms with Gasteiger partial charge in [-0.3, -0.25) is 0 Å². The number of benzene rings is 2. The van der Waals surface area contributed by atoms with E-state index in [1.54, 1.807) is 28.6 Å². The van der Waals surface area contributed by atoms with Crippen LogP contribution >= 0.6 is 0 Å². The van der Waals surface area contributed by atoms with Crippen LogP contribution in [0.2, 0.25) is 0 Å². The maximum absolute atomic E-state index is 12.7. The van der Waals surface area contributed by atoms with Crippen molar-refractivity contribution in [2.24, 2.45) is 0 Å². The zero-order chi connectivity index (χ0) is 18.0. The molecule has 1 aromatic heterocycles. The quantitative estimate of drug-likeness (QED) is 0.752. The molecule has 26 heavy (non-hydrogen) atoms. The highest BCUT2D eigenvalue weighted by atomic mass is 32.2. The summed E-state index contributed by atoms with van der Waals surface area (Å²) >= 11 is 0. The second-order valence-electron chi connectivity index (χ2n) is 6.67. The van der Waals surface area contributed by atoms with Gasteiger partial charge in [0.15, 0.2) is 0 Å². The molecule has 1 aliphatic rings. The van der Waals surface area contributed by atoms with Crippen LogP contribution in [0.3, 0.4) is 0 Å². The third kappa shape index (κ3) is 3.40. The summed E-state index contributed by atoms with van der Waals surface area (Å²) in [6, 6.07) is 17.0. The van der Waals surface area contributed by atoms with Gasteiger partial charge in [0.1, 0.15) is 0 Å². The molecule has 1 fully saturated rings. The lowest BCUT2D eigenvalue weighted by Crippen LogP contribution is -2.48. The molecule has 0 atom stereocenters. The number of H-pyrrole nitrogens is 1. The van der Waals surface area contributed by atoms with Gasteiger partial charge in [-0.15, -0.1) is 0 Å². The molecule has 0 amide bonds. The third-order valence-corrected chi connectivity index (χ3v) is 7.00. The van der Waals surface area contributed by atoms with E-state index in [4.69, 9.17) is 0 Å². The number of nitrogens with one attached hydrogen (secondary N) is 1. The number of aromatic amines is 1. The van der Waals surface area contributed by atoms with Crippen LogP contribution in [-0.4, -0.2) is 55.3 Å². The van der Waals surface area contributed by atoms with Crippen LogP contribution in [0.5, 0.6) is 0 Å². The van der Waals surface area contributed by atoms with Crippen molar-refractivity contribution in [2.75, 3.05) is 32.7 Å². The first kappa shape index (κ1) is 17.3. The van der Waals surface area contributed by atoms with Gasteiger partial charge in [0.05, 0.1) is 4.90 Å². The molecule has 6 heteroatoms. The van der Waals surface area contributed by atoms with Crippen LogP contribution in [0, 0.1) is 0 Å². The zero-order valence-corrected chi connectivity index (χ0v) is 15.5. The fraction of sp³-hybridized carbons (Fsp3) is 0.300. The Kier molecular flexibility index (Phi) is 4.80. The van der Waals surface area contributed by atoms with Crippen LogP contribution in [0.25, 0.3) is 10.9 Å². The molecule has 1 saturated heterocycles. The number of hydrogen-bond donors (Lipinski definition) is 1. The molecule has 136 valence electrons. The topological polar surface area (TPSA) is 56.4 Å². The van der Waals surface area contributed by atoms with Crippen molar-refractivity contribution in [1.82, 2.24) is 14.2 Å². The molecule has 0 saturated carbocycles. The maximum Gasteiger partial charge on any atom is 0.243 e. The number of para-hydroxylation sites is 1. The summed E-state index contributed by atoms with van der Waals surface area (Å²) in [6.45, 7) is 3.58. The van der Waals surface area contributed by atoms with E-state index in [1.165, 1.54) is 16.5 Å². The third-order valence-electron chi connectivity index (χ3n) is 5.08. The van der Waals surface area contributed by atoms with Crippen molar-refractivity contribution in [1.29, 1.82) is 0 Å². The SMILES string of the molecule is O=S(=O)(c1ccccc1)N1CCN(CCc2c[nH]c3ccccc23)CC1. The molecule has 5 nitrogen and oxygen atoms in total. The smallest absolute Gasteiger partial charge is 0.243 e. The van der Waals surface area contributed by atoms with Gasteiger partial charge in [-0.1, -0.05) is 36.4 Å². The first-order valence-corrected chi connectivity index (χ1v) is 10.4. The molecule has 2 aromatic carbocycles. The molecule has 0 aliphatic carbocycles. The van der Waals surface area contributed by atoms with E-state index in [0.29, 0.717) is 18.0 Å². The van der Waals surface area contributed by atoms with Crippen LogP contribution in [0.15, 0.2) is 65.7 Å². The van der Waals surface area contributed by atoms with Gasteiger partial charge in [0, 0.05) is 49.8 Å². The van der Waals surface area contributed by atoms with Crippen LogP contribution < -0.4 is 0 Å². The van der Waals surface area contributed by atoms with E-state index in [2.05, 4.69) is 34.3 Å². The molecule has 0 spiro atoms. The Morgan fingerprint density at radius 1 is 0.885 bits per heavy atom. The largest absolute Gasteiger partial charge is 0.361 e. The first-order chi connectivity index (χ1) is 12.6. The Hall–Kier alpha value is -2.15. The summed E-state index contributed by atoms with van der Waals surface area (Å²) in [5, 5.41) is 1.28. The second-order valence-corrected chi connectivity index (χ2v) is 8.61. The molecule has 1 aliphatic heterocycles. The highest BCUT2D eigenvalue weighted by Crippen LogP contribution is 2.20. The lowest BCUT2D eigenvalue weighted by atomic mass is 10.1. The number of nitrogens with zero attached hydrogens (tertiary/aromatic N) is 2. The normalized spacial score (nSPS) is 16.9. The number of hydrogen-bond acceptors (Lipinski definition) is 3. The second kappa shape index (κ2) is 7.23. The van der Waals surface area contributed by atoms with Crippen molar-refractivity contribution in [3.05, 3.63) is 66.4 Å². The predicted molar refractivity (Wildman–Crippen MR) is 104 cm³/mol. The monoisotopic (exact) mass is 369 g/mol. The van der Waals surface area contributed by atoms with E-state index in [9.17, 15) is 8.42 Å². The molecule has 2 heterocycles. The van der Waals surface area contributed by atoms with Gasteiger partial charge < -0.3 is 9.88 Å². The Morgan fingerprint density at radius 3 is 2.35 bits per heavy atom. The van der Waals surface area contributed by atoms with E-state index >= 15 is 0 Å². The lowest BCUT2D eigenvalue weighted by molar-refractivity contribution is 0.190. The highest BCUT2D eigenvalue weighted by Gasteiger charge is 2.28. The van der Waals surface area contributed by atoms with Crippen LogP contribution in [-0.2, 0) is 16.4 Å². The van der Waals surface area contributed by atoms with Gasteiger partial charge in [-0.2, -0.15) is 4.31 Å². The zero-order valence-electron chi connectivity index (χ0n) is 14.6. The summed E-state index contributed by atoms with van der Waals surface area (Å²) < 4.78 is 27.0. The van der Waals surface area contributed by atoms with E-state index < -0.39 is 10.0 Å². The molecule has 3 aromatic rings. The summed E-state index contributed by atoms with van der Waals surface area (Å²) in [7, 11) is -3.37. The minimum Gasteiger partial charge on any atom is -0.361 e. The summed E-state index contributed by atoms with van der Waals surface area (Å²) in [5.74, 6) is 0. The molecular weight excluding hydrogens is 346 g/mol. The minimum absolute atomic E-state index is 0.382. The average Bonchev–Trinajstić information content (AvgIpc) is 3.11. The van der Waals surface area contributed by atoms with Crippen LogP contribution in [0.4, 0.5) is 0 Å². The number of aromatic nitrogens is 1. The molecule has 4 rings (SSSR count). The fourth-order valence-electron chi connectivity index (χ4n) is 3.55. The molecule has 0 radical (unpaired) electrons. The maximum atomic E-state index is 12.7. The highest BCUT2D eigenvalue weighted by molar-refractivity contribution is 7.89. The summed E-state index contributed by atoms with van der Waals surface area (Å²) in [4.78, 5) is 6.04. The van der Waals surface area contributed by atoms with Gasteiger partial charge in [0.25, 0.3) is 0 Å². The van der Waals surface area contributed by atoms with Crippen molar-refractivity contribution in [2.45, 2.75) is 11.3 Å². The average molecular weight is 369 g/mol. The van der Waals surface area contributed by atoms with Gasteiger partial charge >= 0.3 is 0 Å². The van der Waals surface area contributed by atoms with Crippen molar-refractivity contribution < 1.29 is 8.42 Å². The van der Waals surface area contributed by atoms with Gasteiger partial charge in [-0.05, 0) is 30.2 Å². The fourth-order valence-corrected chi connectivity index (χ4v) is 5.00. The van der Waals surface area contributed by atoms with E-state index in [0.717, 1.165) is 26.1 Å². The molecular formula is C20H23N3O2S. The van der Waals surface area contributed by atoms with Gasteiger partial charge in [-0.25, -0.2) is 8.42 Å². The predicted octanol–water partition coefficient (Wildman–Crippen LogP) is 2.72. The van der Waals surface area contributed by atoms with Crippen LogP contribution in [0.1, 0.15) is 5.56 Å². The lowest BCUT2D eigenvalue weighted by Gasteiger charge is -2.33. The van der Waals surface area contributed by atoms with Gasteiger partial charge in [0.2, 0.25) is 10.0 Å². The van der Waals surface area contributed by atoms with Crippen molar-refractivity contribution >= 4 is 20.9 Å².